The van der Waals surface area contributed by atoms with Crippen LogP contribution in [0, 0.1) is 6.92 Å². The number of sulfonamides is 1. The molecular weight excluding hydrogens is 549 g/mol. The van der Waals surface area contributed by atoms with Crippen LogP contribution in [0.15, 0.2) is 71.6 Å². The number of carbonyl (C=O) groups is 2. The van der Waals surface area contributed by atoms with E-state index in [1.165, 1.54) is 30.3 Å². The van der Waals surface area contributed by atoms with E-state index in [1.54, 1.807) is 36.4 Å². The minimum absolute atomic E-state index is 0.000840. The van der Waals surface area contributed by atoms with Crippen LogP contribution in [-0.2, 0) is 19.6 Å². The molecule has 3 aromatic rings. The second-order valence-corrected chi connectivity index (χ2v) is 11.6. The Morgan fingerprint density at radius 1 is 1.03 bits per heavy atom. The first-order valence-corrected chi connectivity index (χ1v) is 14.2. The van der Waals surface area contributed by atoms with E-state index in [0.717, 1.165) is 22.7 Å². The first kappa shape index (κ1) is 27.9. The van der Waals surface area contributed by atoms with Gasteiger partial charge in [-0.15, -0.1) is 0 Å². The highest BCUT2D eigenvalue weighted by molar-refractivity contribution is 7.92. The lowest BCUT2D eigenvalue weighted by atomic mass is 10.1. The molecule has 3 aromatic carbocycles. The zero-order valence-electron chi connectivity index (χ0n) is 20.6. The monoisotopic (exact) mass is 575 g/mol. The van der Waals surface area contributed by atoms with Crippen LogP contribution in [0.2, 0.25) is 10.0 Å². The van der Waals surface area contributed by atoms with Crippen molar-refractivity contribution in [1.29, 1.82) is 0 Å². The fourth-order valence-corrected chi connectivity index (χ4v) is 5.97. The van der Waals surface area contributed by atoms with Crippen molar-refractivity contribution in [2.24, 2.45) is 0 Å². The lowest BCUT2D eigenvalue weighted by molar-refractivity contribution is -0.114. The minimum Gasteiger partial charge on any atom is -0.376 e. The molecule has 0 aromatic heterocycles. The summed E-state index contributed by atoms with van der Waals surface area (Å²) in [6.07, 6.45) is 1.79. The van der Waals surface area contributed by atoms with Crippen molar-refractivity contribution in [3.63, 3.8) is 0 Å². The van der Waals surface area contributed by atoms with Crippen molar-refractivity contribution in [2.45, 2.75) is 30.8 Å². The predicted molar refractivity (Wildman–Crippen MR) is 149 cm³/mol. The molecule has 0 saturated carbocycles. The van der Waals surface area contributed by atoms with Gasteiger partial charge in [-0.05, 0) is 62.2 Å². The molecule has 0 bridgehead atoms. The molecule has 0 unspecified atom stereocenters. The minimum atomic E-state index is -4.17. The number of nitrogens with zero attached hydrogens (tertiary/aromatic N) is 1. The zero-order valence-corrected chi connectivity index (χ0v) is 22.9. The molecule has 0 spiro atoms. The summed E-state index contributed by atoms with van der Waals surface area (Å²) in [4.78, 5) is 26.0. The van der Waals surface area contributed by atoms with E-state index in [1.807, 2.05) is 6.92 Å². The summed E-state index contributed by atoms with van der Waals surface area (Å²) < 4.78 is 33.7. The van der Waals surface area contributed by atoms with Gasteiger partial charge >= 0.3 is 0 Å². The zero-order chi connectivity index (χ0) is 27.3. The van der Waals surface area contributed by atoms with Crippen molar-refractivity contribution in [1.82, 2.24) is 5.32 Å². The van der Waals surface area contributed by atoms with Gasteiger partial charge in [0.25, 0.3) is 15.9 Å². The molecule has 200 valence electrons. The molecule has 0 radical (unpaired) electrons. The quantitative estimate of drug-likeness (QED) is 0.371. The second-order valence-electron chi connectivity index (χ2n) is 8.89. The topological polar surface area (TPSA) is 105 Å². The number of benzene rings is 3. The van der Waals surface area contributed by atoms with E-state index in [-0.39, 0.29) is 43.9 Å². The third-order valence-electron chi connectivity index (χ3n) is 5.99. The Labute approximate surface area is 231 Å². The Bertz CT molecular complexity index is 1400. The van der Waals surface area contributed by atoms with Gasteiger partial charge in [0, 0.05) is 23.2 Å². The molecular formula is C27H27Cl2N3O5S. The van der Waals surface area contributed by atoms with Gasteiger partial charge in [-0.1, -0.05) is 53.0 Å². The van der Waals surface area contributed by atoms with Crippen molar-refractivity contribution in [2.75, 3.05) is 29.3 Å². The first-order chi connectivity index (χ1) is 18.1. The van der Waals surface area contributed by atoms with Crippen LogP contribution in [0.25, 0.3) is 0 Å². The van der Waals surface area contributed by atoms with Crippen LogP contribution in [0.4, 0.5) is 11.4 Å². The van der Waals surface area contributed by atoms with Gasteiger partial charge in [0.2, 0.25) is 5.91 Å². The van der Waals surface area contributed by atoms with Gasteiger partial charge < -0.3 is 15.4 Å². The fourth-order valence-electron chi connectivity index (χ4n) is 4.05. The molecule has 1 aliphatic heterocycles. The number of aryl methyl sites for hydroxylation is 1. The van der Waals surface area contributed by atoms with Crippen LogP contribution in [0.3, 0.4) is 0 Å². The summed E-state index contributed by atoms with van der Waals surface area (Å²) >= 11 is 12.3. The first-order valence-electron chi connectivity index (χ1n) is 12.0. The Hall–Kier alpha value is -3.11. The van der Waals surface area contributed by atoms with Crippen LogP contribution in [-0.4, -0.2) is 46.0 Å². The number of amides is 2. The van der Waals surface area contributed by atoms with E-state index in [0.29, 0.717) is 13.2 Å². The second kappa shape index (κ2) is 12.2. The Morgan fingerprint density at radius 3 is 2.37 bits per heavy atom. The van der Waals surface area contributed by atoms with Crippen molar-refractivity contribution in [3.05, 3.63) is 87.9 Å². The SMILES string of the molecule is Cc1ccc(S(=O)(=O)N(CC(=O)Nc2ccccc2C(=O)NC[C@@H]2CCCO2)c2cc(Cl)cc(Cl)c2)cc1. The van der Waals surface area contributed by atoms with E-state index in [2.05, 4.69) is 10.6 Å². The predicted octanol–water partition coefficient (Wildman–Crippen LogP) is 5.04. The Balaban J connectivity index is 1.58. The molecule has 1 aliphatic rings. The molecule has 1 heterocycles. The maximum atomic E-state index is 13.6. The van der Waals surface area contributed by atoms with E-state index in [9.17, 15) is 18.0 Å². The van der Waals surface area contributed by atoms with Crippen molar-refractivity contribution < 1.29 is 22.7 Å². The molecule has 8 nitrogen and oxygen atoms in total. The van der Waals surface area contributed by atoms with E-state index in [4.69, 9.17) is 27.9 Å². The number of ether oxygens (including phenoxy) is 1. The molecule has 4 rings (SSSR count). The smallest absolute Gasteiger partial charge is 0.264 e. The number of anilines is 2. The number of halogens is 2. The van der Waals surface area contributed by atoms with Crippen LogP contribution in [0.5, 0.6) is 0 Å². The van der Waals surface area contributed by atoms with Gasteiger partial charge in [-0.3, -0.25) is 13.9 Å². The average Bonchev–Trinajstić information content (AvgIpc) is 3.39. The molecule has 38 heavy (non-hydrogen) atoms. The molecule has 1 fully saturated rings. The molecule has 1 atom stereocenters. The van der Waals surface area contributed by atoms with Crippen LogP contribution in [0.1, 0.15) is 28.8 Å². The molecule has 0 aliphatic carbocycles. The molecule has 1 saturated heterocycles. The van der Waals surface area contributed by atoms with Gasteiger partial charge in [0.15, 0.2) is 0 Å². The Morgan fingerprint density at radius 2 is 1.71 bits per heavy atom. The average molecular weight is 577 g/mol. The van der Waals surface area contributed by atoms with Crippen molar-refractivity contribution >= 4 is 56.4 Å². The van der Waals surface area contributed by atoms with Gasteiger partial charge in [-0.2, -0.15) is 0 Å². The third kappa shape index (κ3) is 6.85. The molecule has 11 heteroatoms. The lowest BCUT2D eigenvalue weighted by Gasteiger charge is -2.25. The van der Waals surface area contributed by atoms with Crippen molar-refractivity contribution in [3.8, 4) is 0 Å². The normalized spacial score (nSPS) is 15.2. The molecule has 2 N–H and O–H groups in total. The fraction of sp³-hybridized carbons (Fsp3) is 0.259. The van der Waals surface area contributed by atoms with Crippen LogP contribution < -0.4 is 14.9 Å². The number of hydrogen-bond acceptors (Lipinski definition) is 5. The standard InChI is InChI=1S/C27H27Cl2N3O5S/c1-18-8-10-23(11-9-18)38(35,36)32(21-14-19(28)13-20(29)15-21)17-26(33)31-25-7-3-2-6-24(25)27(34)30-16-22-5-4-12-37-22/h2-3,6-11,13-15,22H,4-5,12,16-17H2,1H3,(H,30,34)(H,31,33)/t22-/m0/s1. The summed E-state index contributed by atoms with van der Waals surface area (Å²) in [5.41, 5.74) is 1.51. The molecule has 2 amide bonds. The summed E-state index contributed by atoms with van der Waals surface area (Å²) in [6, 6.07) is 17.1. The van der Waals surface area contributed by atoms with Gasteiger partial charge in [0.1, 0.15) is 6.54 Å². The number of carbonyl (C=O) groups excluding carboxylic acids is 2. The summed E-state index contributed by atoms with van der Waals surface area (Å²) in [5, 5.41) is 5.94. The highest BCUT2D eigenvalue weighted by Gasteiger charge is 2.28. The van der Waals surface area contributed by atoms with E-state index < -0.39 is 22.5 Å². The van der Waals surface area contributed by atoms with E-state index >= 15 is 0 Å². The number of para-hydroxylation sites is 1. The maximum Gasteiger partial charge on any atom is 0.264 e. The summed E-state index contributed by atoms with van der Waals surface area (Å²) in [6.45, 7) is 2.29. The highest BCUT2D eigenvalue weighted by Crippen LogP contribution is 2.30. The Kier molecular flexibility index (Phi) is 8.94. The van der Waals surface area contributed by atoms with Gasteiger partial charge in [-0.25, -0.2) is 8.42 Å². The number of hydrogen-bond donors (Lipinski definition) is 2. The maximum absolute atomic E-state index is 13.6. The van der Waals surface area contributed by atoms with Crippen LogP contribution >= 0.6 is 23.2 Å². The number of nitrogens with one attached hydrogen (secondary N) is 2. The highest BCUT2D eigenvalue weighted by atomic mass is 35.5. The summed E-state index contributed by atoms with van der Waals surface area (Å²) in [5.74, 6) is -1.03. The number of rotatable bonds is 9. The largest absolute Gasteiger partial charge is 0.376 e. The lowest BCUT2D eigenvalue weighted by Crippen LogP contribution is -2.38. The third-order valence-corrected chi connectivity index (χ3v) is 8.22. The summed E-state index contributed by atoms with van der Waals surface area (Å²) in [7, 11) is -4.17. The van der Waals surface area contributed by atoms with Gasteiger partial charge in [0.05, 0.1) is 27.9 Å².